The molecule has 2 heterocycles. The number of nitrogens with zero attached hydrogens (tertiary/aromatic N) is 1. The molecule has 0 saturated heterocycles. The van der Waals surface area contributed by atoms with Gasteiger partial charge in [-0.15, -0.1) is 22.7 Å². The second-order valence-electron chi connectivity index (χ2n) is 3.79. The maximum Gasteiger partial charge on any atom is 0.305 e. The van der Waals surface area contributed by atoms with Crippen molar-refractivity contribution < 1.29 is 14.7 Å². The Morgan fingerprint density at radius 2 is 2.21 bits per heavy atom. The lowest BCUT2D eigenvalue weighted by Crippen LogP contribution is -2.27. The zero-order valence-electron chi connectivity index (χ0n) is 9.96. The number of thiazole rings is 1. The van der Waals surface area contributed by atoms with Crippen molar-refractivity contribution >= 4 is 34.6 Å². The van der Waals surface area contributed by atoms with Crippen LogP contribution in [0.25, 0.3) is 9.88 Å². The first-order chi connectivity index (χ1) is 9.15. The van der Waals surface area contributed by atoms with Crippen LogP contribution in [0.5, 0.6) is 0 Å². The van der Waals surface area contributed by atoms with Crippen molar-refractivity contribution in [3.05, 3.63) is 28.6 Å². The van der Waals surface area contributed by atoms with E-state index in [9.17, 15) is 9.59 Å². The maximum atomic E-state index is 11.6. The molecule has 7 heteroatoms. The van der Waals surface area contributed by atoms with Gasteiger partial charge in [-0.2, -0.15) is 0 Å². The van der Waals surface area contributed by atoms with Gasteiger partial charge < -0.3 is 10.4 Å². The molecule has 0 unspecified atom stereocenters. The van der Waals surface area contributed by atoms with Crippen molar-refractivity contribution in [1.82, 2.24) is 10.3 Å². The van der Waals surface area contributed by atoms with Crippen LogP contribution in [0.4, 0.5) is 0 Å². The maximum absolute atomic E-state index is 11.6. The summed E-state index contributed by atoms with van der Waals surface area (Å²) in [5, 5.41) is 15.8. The van der Waals surface area contributed by atoms with Gasteiger partial charge in [-0.05, 0) is 11.4 Å². The number of amides is 1. The highest BCUT2D eigenvalue weighted by Gasteiger charge is 2.09. The van der Waals surface area contributed by atoms with Gasteiger partial charge in [0.05, 0.1) is 23.4 Å². The molecule has 2 rings (SSSR count). The topological polar surface area (TPSA) is 79.3 Å². The number of nitrogens with one attached hydrogen (secondary N) is 1. The summed E-state index contributed by atoms with van der Waals surface area (Å²) < 4.78 is 0. The van der Waals surface area contributed by atoms with Crippen LogP contribution in [0, 0.1) is 0 Å². The van der Waals surface area contributed by atoms with Gasteiger partial charge >= 0.3 is 5.97 Å². The Bertz CT molecular complexity index is 563. The van der Waals surface area contributed by atoms with Crippen LogP contribution in [-0.2, 0) is 16.0 Å². The number of aliphatic carboxylic acids is 1. The summed E-state index contributed by atoms with van der Waals surface area (Å²) in [6, 6.07) is 3.94. The van der Waals surface area contributed by atoms with Crippen LogP contribution in [0.3, 0.4) is 0 Å². The summed E-state index contributed by atoms with van der Waals surface area (Å²) in [5.41, 5.74) is 0.709. The summed E-state index contributed by atoms with van der Waals surface area (Å²) >= 11 is 3.11. The number of hydrogen-bond acceptors (Lipinski definition) is 5. The van der Waals surface area contributed by atoms with Gasteiger partial charge in [-0.1, -0.05) is 6.07 Å². The Balaban J connectivity index is 1.86. The van der Waals surface area contributed by atoms with E-state index in [4.69, 9.17) is 5.11 Å². The minimum atomic E-state index is -0.922. The number of rotatable bonds is 6. The van der Waals surface area contributed by atoms with Crippen molar-refractivity contribution in [2.45, 2.75) is 12.8 Å². The van der Waals surface area contributed by atoms with Crippen molar-refractivity contribution in [2.75, 3.05) is 6.54 Å². The minimum Gasteiger partial charge on any atom is -0.481 e. The van der Waals surface area contributed by atoms with E-state index >= 15 is 0 Å². The first-order valence-corrected chi connectivity index (χ1v) is 7.38. The molecule has 0 aromatic carbocycles. The molecule has 0 atom stereocenters. The lowest BCUT2D eigenvalue weighted by atomic mass is 10.3. The molecule has 0 saturated carbocycles. The molecule has 5 nitrogen and oxygen atoms in total. The number of hydrogen-bond donors (Lipinski definition) is 2. The molecule has 100 valence electrons. The first kappa shape index (κ1) is 13.7. The number of aromatic nitrogens is 1. The molecular formula is C12H12N2O3S2. The van der Waals surface area contributed by atoms with Crippen LogP contribution >= 0.6 is 22.7 Å². The molecule has 0 aliphatic rings. The Morgan fingerprint density at radius 1 is 1.37 bits per heavy atom. The average molecular weight is 296 g/mol. The molecule has 0 aliphatic carbocycles. The van der Waals surface area contributed by atoms with E-state index in [0.717, 1.165) is 9.88 Å². The van der Waals surface area contributed by atoms with Gasteiger partial charge in [-0.25, -0.2) is 4.98 Å². The van der Waals surface area contributed by atoms with Crippen LogP contribution in [-0.4, -0.2) is 28.5 Å². The van der Waals surface area contributed by atoms with Crippen LogP contribution in [0.2, 0.25) is 0 Å². The highest BCUT2D eigenvalue weighted by Crippen LogP contribution is 2.27. The zero-order valence-corrected chi connectivity index (χ0v) is 11.6. The molecule has 2 aromatic rings. The Kier molecular flexibility index (Phi) is 4.64. The van der Waals surface area contributed by atoms with E-state index in [1.165, 1.54) is 11.3 Å². The van der Waals surface area contributed by atoms with E-state index < -0.39 is 5.97 Å². The second-order valence-corrected chi connectivity index (χ2v) is 5.60. The Morgan fingerprint density at radius 3 is 2.89 bits per heavy atom. The number of carbonyl (C=O) groups excluding carboxylic acids is 1. The van der Waals surface area contributed by atoms with Crippen molar-refractivity contribution in [3.8, 4) is 9.88 Å². The third kappa shape index (κ3) is 4.15. The molecule has 0 bridgehead atoms. The summed E-state index contributed by atoms with van der Waals surface area (Å²) in [6.45, 7) is 0.149. The second kappa shape index (κ2) is 6.44. The predicted octanol–water partition coefficient (Wildman–Crippen LogP) is 2.00. The largest absolute Gasteiger partial charge is 0.481 e. The van der Waals surface area contributed by atoms with Crippen LogP contribution < -0.4 is 5.32 Å². The van der Waals surface area contributed by atoms with Crippen molar-refractivity contribution in [1.29, 1.82) is 0 Å². The molecule has 0 aliphatic heterocycles. The van der Waals surface area contributed by atoms with E-state index in [0.29, 0.717) is 5.69 Å². The summed E-state index contributed by atoms with van der Waals surface area (Å²) in [5.74, 6) is -1.13. The molecular weight excluding hydrogens is 284 g/mol. The summed E-state index contributed by atoms with van der Waals surface area (Å²) in [6.07, 6.45) is 0.116. The van der Waals surface area contributed by atoms with E-state index in [1.54, 1.807) is 11.3 Å². The van der Waals surface area contributed by atoms with Gasteiger partial charge in [-0.3, -0.25) is 9.59 Å². The van der Waals surface area contributed by atoms with E-state index in [1.807, 2.05) is 22.9 Å². The molecule has 2 N–H and O–H groups in total. The minimum absolute atomic E-state index is 0.0662. The summed E-state index contributed by atoms with van der Waals surface area (Å²) in [4.78, 5) is 27.3. The number of carboxylic acids is 1. The van der Waals surface area contributed by atoms with Gasteiger partial charge in [0.2, 0.25) is 5.91 Å². The predicted molar refractivity (Wildman–Crippen MR) is 74.4 cm³/mol. The molecule has 0 spiro atoms. The average Bonchev–Trinajstić information content (AvgIpc) is 2.97. The van der Waals surface area contributed by atoms with Gasteiger partial charge in [0.25, 0.3) is 0 Å². The quantitative estimate of drug-likeness (QED) is 0.854. The molecule has 19 heavy (non-hydrogen) atoms. The first-order valence-electron chi connectivity index (χ1n) is 5.62. The number of carbonyl (C=O) groups is 2. The molecule has 1 amide bonds. The smallest absolute Gasteiger partial charge is 0.305 e. The lowest BCUT2D eigenvalue weighted by molar-refractivity contribution is -0.136. The van der Waals surface area contributed by atoms with Crippen molar-refractivity contribution in [2.24, 2.45) is 0 Å². The molecule has 0 fully saturated rings. The number of thiophene rings is 1. The SMILES string of the molecule is O=C(O)CCNC(=O)Cc1csc(-c2cccs2)n1. The Labute approximate surface area is 117 Å². The van der Waals surface area contributed by atoms with Gasteiger partial charge in [0, 0.05) is 11.9 Å². The normalized spacial score (nSPS) is 10.3. The van der Waals surface area contributed by atoms with Crippen molar-refractivity contribution in [3.63, 3.8) is 0 Å². The van der Waals surface area contributed by atoms with E-state index in [-0.39, 0.29) is 25.3 Å². The lowest BCUT2D eigenvalue weighted by Gasteiger charge is -2.00. The third-order valence-electron chi connectivity index (χ3n) is 2.29. The fourth-order valence-corrected chi connectivity index (χ4v) is 3.07. The molecule has 0 radical (unpaired) electrons. The van der Waals surface area contributed by atoms with E-state index in [2.05, 4.69) is 10.3 Å². The standard InChI is InChI=1S/C12H12N2O3S2/c15-10(13-4-3-11(16)17)6-8-7-19-12(14-8)9-2-1-5-18-9/h1-2,5,7H,3-4,6H2,(H,13,15)(H,16,17). The fraction of sp³-hybridized carbons (Fsp3) is 0.250. The summed E-state index contributed by atoms with van der Waals surface area (Å²) in [7, 11) is 0. The van der Waals surface area contributed by atoms with Crippen LogP contribution in [0.1, 0.15) is 12.1 Å². The fourth-order valence-electron chi connectivity index (χ4n) is 1.44. The third-order valence-corrected chi connectivity index (χ3v) is 4.22. The molecule has 2 aromatic heterocycles. The van der Waals surface area contributed by atoms with Gasteiger partial charge in [0.15, 0.2) is 0 Å². The zero-order chi connectivity index (χ0) is 13.7. The highest BCUT2D eigenvalue weighted by atomic mass is 32.1. The Hall–Kier alpha value is -1.73. The highest BCUT2D eigenvalue weighted by molar-refractivity contribution is 7.20. The van der Waals surface area contributed by atoms with Crippen LogP contribution in [0.15, 0.2) is 22.9 Å². The van der Waals surface area contributed by atoms with Gasteiger partial charge in [0.1, 0.15) is 5.01 Å². The number of carboxylic acid groups (broad SMARTS) is 1. The monoisotopic (exact) mass is 296 g/mol.